The molecule has 0 aromatic heterocycles. The molecule has 0 saturated carbocycles. The summed E-state index contributed by atoms with van der Waals surface area (Å²) in [5.41, 5.74) is 0.577. The maximum absolute atomic E-state index is 12.9. The second kappa shape index (κ2) is 7.65. The summed E-state index contributed by atoms with van der Waals surface area (Å²) in [6, 6.07) is 12.1. The molecule has 0 aliphatic carbocycles. The van der Waals surface area contributed by atoms with Crippen LogP contribution in [0.5, 0.6) is 5.75 Å². The van der Waals surface area contributed by atoms with E-state index in [0.717, 1.165) is 0 Å². The van der Waals surface area contributed by atoms with Gasteiger partial charge in [-0.25, -0.2) is 8.42 Å². The number of ether oxygens (including phenoxy) is 1. The second-order valence-corrected chi connectivity index (χ2v) is 8.27. The molecule has 2 aromatic carbocycles. The number of benzene rings is 2. The zero-order valence-corrected chi connectivity index (χ0v) is 15.8. The number of nitrogens with one attached hydrogen (secondary N) is 1. The number of halogens is 1. The topological polar surface area (TPSA) is 75.7 Å². The smallest absolute Gasteiger partial charge is 0.243 e. The molecule has 1 atom stereocenters. The van der Waals surface area contributed by atoms with E-state index in [9.17, 15) is 13.2 Å². The summed E-state index contributed by atoms with van der Waals surface area (Å²) >= 11 is 5.84. The molecule has 1 amide bonds. The maximum Gasteiger partial charge on any atom is 0.243 e. The SMILES string of the molecule is COc1ccc(S(=O)(=O)N2CCC[C@H]2C(=O)Nc2ccc(Cl)cc2)cc1. The van der Waals surface area contributed by atoms with Gasteiger partial charge in [0.1, 0.15) is 11.8 Å². The lowest BCUT2D eigenvalue weighted by Gasteiger charge is -2.23. The zero-order valence-electron chi connectivity index (χ0n) is 14.2. The Morgan fingerprint density at radius 1 is 1.15 bits per heavy atom. The van der Waals surface area contributed by atoms with Crippen molar-refractivity contribution in [3.05, 3.63) is 53.6 Å². The summed E-state index contributed by atoms with van der Waals surface area (Å²) < 4.78 is 32.2. The number of nitrogens with zero attached hydrogens (tertiary/aromatic N) is 1. The van der Waals surface area contributed by atoms with Crippen LogP contribution in [0.4, 0.5) is 5.69 Å². The highest BCUT2D eigenvalue weighted by molar-refractivity contribution is 7.89. The van der Waals surface area contributed by atoms with Gasteiger partial charge in [-0.05, 0) is 61.4 Å². The minimum absolute atomic E-state index is 0.143. The molecule has 3 rings (SSSR count). The van der Waals surface area contributed by atoms with Crippen LogP contribution in [-0.4, -0.2) is 38.3 Å². The number of hydrogen-bond donors (Lipinski definition) is 1. The summed E-state index contributed by atoms with van der Waals surface area (Å²) in [6.45, 7) is 0.313. The quantitative estimate of drug-likeness (QED) is 0.845. The molecule has 1 heterocycles. The molecule has 0 bridgehead atoms. The molecule has 1 aliphatic rings. The molecule has 0 unspecified atom stereocenters. The Morgan fingerprint density at radius 2 is 1.81 bits per heavy atom. The maximum atomic E-state index is 12.9. The Hall–Kier alpha value is -2.09. The Morgan fingerprint density at radius 3 is 2.42 bits per heavy atom. The molecular formula is C18H19ClN2O4S. The van der Waals surface area contributed by atoms with Gasteiger partial charge in [0.05, 0.1) is 12.0 Å². The highest BCUT2D eigenvalue weighted by Crippen LogP contribution is 2.28. The Balaban J connectivity index is 1.79. The van der Waals surface area contributed by atoms with E-state index in [2.05, 4.69) is 5.32 Å². The van der Waals surface area contributed by atoms with Crippen LogP contribution in [-0.2, 0) is 14.8 Å². The first kappa shape index (κ1) is 18.7. The lowest BCUT2D eigenvalue weighted by Crippen LogP contribution is -2.43. The number of anilines is 1. The first-order valence-corrected chi connectivity index (χ1v) is 9.96. The van der Waals surface area contributed by atoms with Gasteiger partial charge in [-0.3, -0.25) is 4.79 Å². The predicted octanol–water partition coefficient (Wildman–Crippen LogP) is 3.14. The van der Waals surface area contributed by atoms with Crippen LogP contribution in [0.15, 0.2) is 53.4 Å². The van der Waals surface area contributed by atoms with Crippen molar-refractivity contribution in [2.75, 3.05) is 19.0 Å². The zero-order chi connectivity index (χ0) is 18.7. The third kappa shape index (κ3) is 3.85. The number of sulfonamides is 1. The van der Waals surface area contributed by atoms with Crippen molar-refractivity contribution in [3.8, 4) is 5.75 Å². The van der Waals surface area contributed by atoms with E-state index in [1.165, 1.54) is 23.5 Å². The van der Waals surface area contributed by atoms with Gasteiger partial charge in [0, 0.05) is 17.3 Å². The number of carbonyl (C=O) groups is 1. The predicted molar refractivity (Wildman–Crippen MR) is 100.0 cm³/mol. The first-order valence-electron chi connectivity index (χ1n) is 8.14. The normalized spacial score (nSPS) is 17.8. The van der Waals surface area contributed by atoms with Crippen molar-refractivity contribution in [3.63, 3.8) is 0 Å². The monoisotopic (exact) mass is 394 g/mol. The first-order chi connectivity index (χ1) is 12.4. The van der Waals surface area contributed by atoms with Crippen molar-refractivity contribution in [2.24, 2.45) is 0 Å². The molecule has 8 heteroatoms. The van der Waals surface area contributed by atoms with Crippen LogP contribution < -0.4 is 10.1 Å². The Bertz CT molecular complexity index is 882. The fourth-order valence-corrected chi connectivity index (χ4v) is 4.71. The standard InChI is InChI=1S/C18H19ClN2O4S/c1-25-15-8-10-16(11-9-15)26(23,24)21-12-2-3-17(21)18(22)20-14-6-4-13(19)5-7-14/h4-11,17H,2-3,12H2,1H3,(H,20,22)/t17-/m0/s1. The van der Waals surface area contributed by atoms with Crippen LogP contribution in [0.1, 0.15) is 12.8 Å². The molecule has 0 radical (unpaired) electrons. The molecule has 6 nitrogen and oxygen atoms in total. The summed E-state index contributed by atoms with van der Waals surface area (Å²) in [5, 5.41) is 3.32. The van der Waals surface area contributed by atoms with Gasteiger partial charge in [-0.1, -0.05) is 11.6 Å². The van der Waals surface area contributed by atoms with Crippen molar-refractivity contribution in [2.45, 2.75) is 23.8 Å². The molecule has 2 aromatic rings. The van der Waals surface area contributed by atoms with Gasteiger partial charge in [0.2, 0.25) is 15.9 Å². The van der Waals surface area contributed by atoms with Crippen molar-refractivity contribution >= 4 is 33.2 Å². The summed E-state index contributed by atoms with van der Waals surface area (Å²) in [6.07, 6.45) is 1.11. The van der Waals surface area contributed by atoms with Gasteiger partial charge in [0.15, 0.2) is 0 Å². The van der Waals surface area contributed by atoms with E-state index in [1.54, 1.807) is 36.4 Å². The molecule has 26 heavy (non-hydrogen) atoms. The molecular weight excluding hydrogens is 376 g/mol. The lowest BCUT2D eigenvalue weighted by atomic mass is 10.2. The van der Waals surface area contributed by atoms with Crippen molar-refractivity contribution in [1.29, 1.82) is 0 Å². The molecule has 1 fully saturated rings. The lowest BCUT2D eigenvalue weighted by molar-refractivity contribution is -0.119. The number of carbonyl (C=O) groups excluding carboxylic acids is 1. The Kier molecular flexibility index (Phi) is 5.50. The summed E-state index contributed by atoms with van der Waals surface area (Å²) in [7, 11) is -2.25. The number of hydrogen-bond acceptors (Lipinski definition) is 4. The van der Waals surface area contributed by atoms with Gasteiger partial charge in [0.25, 0.3) is 0 Å². The van der Waals surface area contributed by atoms with E-state index < -0.39 is 16.1 Å². The van der Waals surface area contributed by atoms with E-state index >= 15 is 0 Å². The third-order valence-corrected chi connectivity index (χ3v) is 6.46. The number of rotatable bonds is 5. The average molecular weight is 395 g/mol. The molecule has 0 spiro atoms. The minimum Gasteiger partial charge on any atom is -0.497 e. The molecule has 1 aliphatic heterocycles. The number of methoxy groups -OCH3 is 1. The highest BCUT2D eigenvalue weighted by Gasteiger charge is 2.39. The van der Waals surface area contributed by atoms with E-state index in [1.807, 2.05) is 0 Å². The van der Waals surface area contributed by atoms with E-state index in [-0.39, 0.29) is 10.8 Å². The van der Waals surface area contributed by atoms with Crippen molar-refractivity contribution < 1.29 is 17.9 Å². The van der Waals surface area contributed by atoms with Gasteiger partial charge in [-0.2, -0.15) is 4.31 Å². The largest absolute Gasteiger partial charge is 0.497 e. The fraction of sp³-hybridized carbons (Fsp3) is 0.278. The Labute approximate surface area is 157 Å². The highest BCUT2D eigenvalue weighted by atomic mass is 35.5. The molecule has 1 saturated heterocycles. The van der Waals surface area contributed by atoms with Crippen LogP contribution in [0.2, 0.25) is 5.02 Å². The average Bonchev–Trinajstić information content (AvgIpc) is 3.14. The molecule has 138 valence electrons. The van der Waals surface area contributed by atoms with Crippen molar-refractivity contribution in [1.82, 2.24) is 4.31 Å². The van der Waals surface area contributed by atoms with Crippen LogP contribution in [0.3, 0.4) is 0 Å². The minimum atomic E-state index is -3.76. The van der Waals surface area contributed by atoms with E-state index in [4.69, 9.17) is 16.3 Å². The van der Waals surface area contributed by atoms with Crippen LogP contribution in [0.25, 0.3) is 0 Å². The van der Waals surface area contributed by atoms with Crippen LogP contribution in [0, 0.1) is 0 Å². The third-order valence-electron chi connectivity index (χ3n) is 4.28. The second-order valence-electron chi connectivity index (χ2n) is 5.95. The molecule has 1 N–H and O–H groups in total. The van der Waals surface area contributed by atoms with Gasteiger partial charge < -0.3 is 10.1 Å². The van der Waals surface area contributed by atoms with Gasteiger partial charge in [-0.15, -0.1) is 0 Å². The number of amides is 1. The van der Waals surface area contributed by atoms with Crippen LogP contribution >= 0.6 is 11.6 Å². The van der Waals surface area contributed by atoms with E-state index in [0.29, 0.717) is 35.8 Å². The summed E-state index contributed by atoms with van der Waals surface area (Å²) in [4.78, 5) is 12.8. The summed E-state index contributed by atoms with van der Waals surface area (Å²) in [5.74, 6) is 0.226. The van der Waals surface area contributed by atoms with Gasteiger partial charge >= 0.3 is 0 Å². The fourth-order valence-electron chi connectivity index (χ4n) is 2.93.